The first kappa shape index (κ1) is 84.1. The lowest BCUT2D eigenvalue weighted by atomic mass is 9.99. The van der Waals surface area contributed by atoms with E-state index in [-0.39, 0.29) is 12.5 Å². The maximum Gasteiger partial charge on any atom is 0.220 e. The third-order valence-electron chi connectivity index (χ3n) is 17.7. The fourth-order valence-corrected chi connectivity index (χ4v) is 11.8. The second-order valence-electron chi connectivity index (χ2n) is 26.1. The highest BCUT2D eigenvalue weighted by Crippen LogP contribution is 2.24. The molecule has 1 rings (SSSR count). The lowest BCUT2D eigenvalue weighted by Crippen LogP contribution is -2.60. The number of aliphatic hydroxyl groups excluding tert-OH is 5. The van der Waals surface area contributed by atoms with E-state index in [9.17, 15) is 30.3 Å². The van der Waals surface area contributed by atoms with Crippen molar-refractivity contribution in [1.82, 2.24) is 5.32 Å². The monoisotopic (exact) mass is 1250 g/mol. The number of carbonyl (C=O) groups excluding carboxylic acids is 1. The first-order valence-corrected chi connectivity index (χ1v) is 37.9. The van der Waals surface area contributed by atoms with Crippen molar-refractivity contribution in [2.45, 2.75) is 391 Å². The first-order valence-electron chi connectivity index (χ1n) is 37.9. The summed E-state index contributed by atoms with van der Waals surface area (Å²) in [7, 11) is 0. The van der Waals surface area contributed by atoms with Crippen molar-refractivity contribution >= 4 is 5.91 Å². The van der Waals surface area contributed by atoms with Gasteiger partial charge in [0.15, 0.2) is 6.29 Å². The van der Waals surface area contributed by atoms with E-state index in [0.717, 1.165) is 89.9 Å². The van der Waals surface area contributed by atoms with E-state index in [1.807, 2.05) is 0 Å². The normalized spacial score (nSPS) is 18.4. The molecule has 0 aromatic carbocycles. The Hall–Kier alpha value is -2.89. The van der Waals surface area contributed by atoms with Crippen LogP contribution < -0.4 is 5.32 Å². The number of allylic oxidation sites excluding steroid dienone is 16. The maximum absolute atomic E-state index is 13.2. The molecule has 0 radical (unpaired) electrons. The lowest BCUT2D eigenvalue weighted by molar-refractivity contribution is -0.302. The van der Waals surface area contributed by atoms with Crippen molar-refractivity contribution < 1.29 is 39.8 Å². The molecule has 516 valence electrons. The van der Waals surface area contributed by atoms with Crippen LogP contribution in [0.3, 0.4) is 0 Å². The first-order chi connectivity index (χ1) is 43.8. The van der Waals surface area contributed by atoms with Crippen LogP contribution in [0.5, 0.6) is 0 Å². The highest BCUT2D eigenvalue weighted by molar-refractivity contribution is 5.76. The number of ether oxygens (including phenoxy) is 2. The van der Waals surface area contributed by atoms with Gasteiger partial charge in [0.25, 0.3) is 0 Å². The van der Waals surface area contributed by atoms with Crippen LogP contribution >= 0.6 is 0 Å². The van der Waals surface area contributed by atoms with Gasteiger partial charge in [0, 0.05) is 6.42 Å². The summed E-state index contributed by atoms with van der Waals surface area (Å²) >= 11 is 0. The van der Waals surface area contributed by atoms with E-state index in [0.29, 0.717) is 12.8 Å². The number of carbonyl (C=O) groups is 1. The minimum absolute atomic E-state index is 0.138. The molecule has 7 unspecified atom stereocenters. The Morgan fingerprint density at radius 1 is 0.393 bits per heavy atom. The second kappa shape index (κ2) is 68.0. The third-order valence-corrected chi connectivity index (χ3v) is 17.7. The number of unbranched alkanes of at least 4 members (excludes halogenated alkanes) is 40. The number of hydrogen-bond acceptors (Lipinski definition) is 8. The summed E-state index contributed by atoms with van der Waals surface area (Å²) in [6.45, 7) is 3.76. The van der Waals surface area contributed by atoms with Gasteiger partial charge in [-0.2, -0.15) is 0 Å². The minimum Gasteiger partial charge on any atom is -0.394 e. The highest BCUT2D eigenvalue weighted by Gasteiger charge is 2.44. The van der Waals surface area contributed by atoms with Gasteiger partial charge in [-0.25, -0.2) is 0 Å². The van der Waals surface area contributed by atoms with Crippen LogP contribution in [0.15, 0.2) is 97.2 Å². The Balaban J connectivity index is 2.08. The molecule has 9 nitrogen and oxygen atoms in total. The van der Waals surface area contributed by atoms with Crippen molar-refractivity contribution in [3.05, 3.63) is 97.2 Å². The van der Waals surface area contributed by atoms with E-state index in [2.05, 4.69) is 116 Å². The zero-order chi connectivity index (χ0) is 64.2. The topological polar surface area (TPSA) is 149 Å². The van der Waals surface area contributed by atoms with Crippen LogP contribution in [-0.4, -0.2) is 87.5 Å². The summed E-state index contributed by atoms with van der Waals surface area (Å²) < 4.78 is 11.4. The van der Waals surface area contributed by atoms with Crippen molar-refractivity contribution in [1.29, 1.82) is 0 Å². The fourth-order valence-electron chi connectivity index (χ4n) is 11.8. The molecule has 0 aliphatic carbocycles. The molecule has 9 heteroatoms. The van der Waals surface area contributed by atoms with Gasteiger partial charge >= 0.3 is 0 Å². The lowest BCUT2D eigenvalue weighted by Gasteiger charge is -2.40. The zero-order valence-electron chi connectivity index (χ0n) is 57.9. The Labute approximate surface area is 549 Å². The van der Waals surface area contributed by atoms with E-state index >= 15 is 0 Å². The van der Waals surface area contributed by atoms with E-state index in [1.54, 1.807) is 0 Å². The summed E-state index contributed by atoms with van der Waals surface area (Å²) in [5, 5.41) is 55.0. The van der Waals surface area contributed by atoms with Crippen LogP contribution in [-0.2, 0) is 14.3 Å². The summed E-state index contributed by atoms with van der Waals surface area (Å²) in [5.41, 5.74) is 0. The number of aliphatic hydroxyl groups is 5. The molecule has 0 spiro atoms. The number of hydrogen-bond donors (Lipinski definition) is 6. The summed E-state index contributed by atoms with van der Waals surface area (Å²) in [6.07, 6.45) is 92.0. The maximum atomic E-state index is 13.2. The Bertz CT molecular complexity index is 1730. The molecule has 1 amide bonds. The van der Waals surface area contributed by atoms with Gasteiger partial charge in [-0.05, 0) is 77.0 Å². The van der Waals surface area contributed by atoms with Crippen molar-refractivity contribution in [2.24, 2.45) is 0 Å². The summed E-state index contributed by atoms with van der Waals surface area (Å²) in [4.78, 5) is 13.2. The molecule has 89 heavy (non-hydrogen) atoms. The molecular weight excluding hydrogens is 1100 g/mol. The molecule has 0 bridgehead atoms. The summed E-state index contributed by atoms with van der Waals surface area (Å²) in [5.74, 6) is -0.141. The van der Waals surface area contributed by atoms with Crippen LogP contribution in [0.2, 0.25) is 0 Å². The largest absolute Gasteiger partial charge is 0.394 e. The SMILES string of the molecule is CC/C=C\C/C=C\C/C=C\C/C=C\C/C=C\C/C=C\C/C=C\C/C=C\CCCCCCCCCCCCCCCCCCC(=O)NC(COC1OC(CO)C(O)C(O)C1O)C(O)CCCCCCCCCCCCCCCCCCCCCCCCCCC. The van der Waals surface area contributed by atoms with Crippen LogP contribution in [0.4, 0.5) is 0 Å². The van der Waals surface area contributed by atoms with E-state index < -0.39 is 49.5 Å². The predicted molar refractivity (Wildman–Crippen MR) is 382 cm³/mol. The standard InChI is InChI=1S/C80H143NO8/c1-3-5-7-9-11-13-15-17-19-21-23-25-27-29-30-31-32-33-34-35-36-37-38-39-40-41-42-43-44-46-48-50-52-54-56-58-60-62-64-66-68-70-76(84)81-73(72-88-80-79(87)78(86)77(85)75(71-82)89-80)74(83)69-67-65-63-61-59-57-55-53-51-49-47-45-28-26-24-22-20-18-16-14-12-10-8-6-4-2/h5,7,11,13,17,19,23,25,29-30,32-33,35-36,38-39,73-75,77-80,82-83,85-87H,3-4,6,8-10,12,14-16,18,20-22,24,26-28,31,34,37,40-72H2,1-2H3,(H,81,84)/b7-5-,13-11-,19-17-,25-23-,30-29-,33-32-,36-35-,39-38-. The van der Waals surface area contributed by atoms with Crippen LogP contribution in [0.1, 0.15) is 348 Å². The van der Waals surface area contributed by atoms with E-state index in [4.69, 9.17) is 9.47 Å². The molecule has 6 N–H and O–H groups in total. The quantitative estimate of drug-likeness (QED) is 0.0261. The zero-order valence-corrected chi connectivity index (χ0v) is 57.9. The molecule has 0 aromatic heterocycles. The second-order valence-corrected chi connectivity index (χ2v) is 26.1. The Kier molecular flexibility index (Phi) is 64.3. The average Bonchev–Trinajstić information content (AvgIpc) is 2.59. The van der Waals surface area contributed by atoms with Gasteiger partial charge in [-0.3, -0.25) is 4.79 Å². The summed E-state index contributed by atoms with van der Waals surface area (Å²) in [6, 6.07) is -0.724. The molecule has 7 atom stereocenters. The molecule has 0 aromatic rings. The molecule has 1 heterocycles. The van der Waals surface area contributed by atoms with Crippen molar-refractivity contribution in [3.8, 4) is 0 Å². The molecule has 1 fully saturated rings. The Morgan fingerprint density at radius 2 is 0.697 bits per heavy atom. The van der Waals surface area contributed by atoms with Gasteiger partial charge in [-0.15, -0.1) is 0 Å². The molecule has 1 saturated heterocycles. The van der Waals surface area contributed by atoms with E-state index in [1.165, 1.54) is 231 Å². The molecular formula is C80H143NO8. The number of rotatable bonds is 66. The number of nitrogens with one attached hydrogen (secondary N) is 1. The predicted octanol–water partition coefficient (Wildman–Crippen LogP) is 21.4. The molecule has 0 saturated carbocycles. The van der Waals surface area contributed by atoms with Gasteiger partial charge in [0.05, 0.1) is 25.4 Å². The van der Waals surface area contributed by atoms with Gasteiger partial charge in [0.1, 0.15) is 24.4 Å². The van der Waals surface area contributed by atoms with Crippen molar-refractivity contribution in [3.63, 3.8) is 0 Å². The Morgan fingerprint density at radius 3 is 1.03 bits per heavy atom. The van der Waals surface area contributed by atoms with Gasteiger partial charge in [0.2, 0.25) is 5.91 Å². The minimum atomic E-state index is -1.56. The fraction of sp³-hybridized carbons (Fsp3) is 0.787. The smallest absolute Gasteiger partial charge is 0.220 e. The van der Waals surface area contributed by atoms with Crippen molar-refractivity contribution in [2.75, 3.05) is 13.2 Å². The average molecular weight is 1250 g/mol. The van der Waals surface area contributed by atoms with Crippen LogP contribution in [0.25, 0.3) is 0 Å². The van der Waals surface area contributed by atoms with Crippen LogP contribution in [0, 0.1) is 0 Å². The van der Waals surface area contributed by atoms with Gasteiger partial charge in [-0.1, -0.05) is 361 Å². The third kappa shape index (κ3) is 56.4. The molecule has 1 aliphatic rings. The number of amides is 1. The molecule has 1 aliphatic heterocycles. The highest BCUT2D eigenvalue weighted by atomic mass is 16.7. The van der Waals surface area contributed by atoms with Gasteiger partial charge < -0.3 is 40.3 Å².